The number of pyridine rings is 2. The summed E-state index contributed by atoms with van der Waals surface area (Å²) in [5, 5.41) is 13.0. The molecule has 0 atom stereocenters. The molecule has 3 aromatic heterocycles. The molecule has 0 unspecified atom stereocenters. The summed E-state index contributed by atoms with van der Waals surface area (Å²) in [6.45, 7) is 5.18. The van der Waals surface area contributed by atoms with Gasteiger partial charge in [0, 0.05) is 12.3 Å². The van der Waals surface area contributed by atoms with Crippen LogP contribution in [0.2, 0.25) is 5.15 Å². The highest BCUT2D eigenvalue weighted by Crippen LogP contribution is 2.33. The Kier molecular flexibility index (Phi) is 5.72. The second kappa shape index (κ2) is 7.92. The number of ether oxygens (including phenoxy) is 1. The van der Waals surface area contributed by atoms with Gasteiger partial charge in [-0.05, 0) is 32.9 Å². The van der Waals surface area contributed by atoms with Crippen molar-refractivity contribution in [1.82, 2.24) is 14.4 Å². The van der Waals surface area contributed by atoms with Gasteiger partial charge in [-0.1, -0.05) is 17.7 Å². The van der Waals surface area contributed by atoms with E-state index in [0.717, 1.165) is 6.07 Å². The molecule has 0 radical (unpaired) electrons. The number of aromatic nitrogens is 3. The van der Waals surface area contributed by atoms with Crippen molar-refractivity contribution in [3.05, 3.63) is 52.7 Å². The number of aliphatic hydroxyl groups is 1. The van der Waals surface area contributed by atoms with E-state index in [4.69, 9.17) is 16.3 Å². The molecule has 0 aliphatic heterocycles. The number of hydrogen-bond acceptors (Lipinski definition) is 5. The van der Waals surface area contributed by atoms with E-state index in [2.05, 4.69) is 15.3 Å². The number of halogens is 3. The fourth-order valence-electron chi connectivity index (χ4n) is 2.69. The van der Waals surface area contributed by atoms with Crippen molar-refractivity contribution in [1.29, 1.82) is 0 Å². The minimum Gasteiger partial charge on any atom is -0.491 e. The molecule has 0 saturated carbocycles. The van der Waals surface area contributed by atoms with Crippen LogP contribution in [0, 0.1) is 0 Å². The number of hydrogen-bond donors (Lipinski definition) is 2. The number of fused-ring (bicyclic) bond motifs is 1. The molecule has 0 aromatic carbocycles. The third kappa shape index (κ3) is 4.30. The highest BCUT2D eigenvalue weighted by Gasteiger charge is 2.26. The first-order valence-electron chi connectivity index (χ1n) is 8.75. The van der Waals surface area contributed by atoms with Crippen LogP contribution in [0.1, 0.15) is 49.1 Å². The third-order valence-corrected chi connectivity index (χ3v) is 4.38. The molecule has 154 valence electrons. The smallest absolute Gasteiger partial charge is 0.280 e. The van der Waals surface area contributed by atoms with Crippen molar-refractivity contribution < 1.29 is 23.4 Å². The van der Waals surface area contributed by atoms with Crippen LogP contribution in [-0.4, -0.2) is 32.0 Å². The Bertz CT molecular complexity index is 1060. The minimum absolute atomic E-state index is 0.167. The molecule has 0 spiro atoms. The van der Waals surface area contributed by atoms with Gasteiger partial charge in [0.2, 0.25) is 0 Å². The molecule has 1 amide bonds. The zero-order valence-electron chi connectivity index (χ0n) is 15.9. The number of anilines is 1. The Morgan fingerprint density at radius 2 is 2.10 bits per heavy atom. The van der Waals surface area contributed by atoms with E-state index >= 15 is 0 Å². The molecule has 0 aliphatic rings. The van der Waals surface area contributed by atoms with Crippen molar-refractivity contribution >= 4 is 28.8 Å². The predicted octanol–water partition coefficient (Wildman–Crippen LogP) is 4.20. The van der Waals surface area contributed by atoms with E-state index in [1.165, 1.54) is 22.7 Å². The Balaban J connectivity index is 2.03. The van der Waals surface area contributed by atoms with Gasteiger partial charge < -0.3 is 15.2 Å². The maximum atomic E-state index is 12.9. The summed E-state index contributed by atoms with van der Waals surface area (Å²) in [6.07, 6.45) is -1.30. The maximum absolute atomic E-state index is 12.9. The lowest BCUT2D eigenvalue weighted by molar-refractivity contribution is 0.0745. The highest BCUT2D eigenvalue weighted by molar-refractivity contribution is 6.30. The monoisotopic (exact) mass is 424 g/mol. The normalized spacial score (nSPS) is 11.9. The van der Waals surface area contributed by atoms with Gasteiger partial charge in [0.15, 0.2) is 0 Å². The SMILES string of the molecule is CCOc1cc2nc(C(C)(C)O)c(Cl)n2cc1NC(=O)c1cccc(C(F)F)n1. The van der Waals surface area contributed by atoms with Crippen molar-refractivity contribution in [2.75, 3.05) is 11.9 Å². The second-order valence-electron chi connectivity index (χ2n) is 6.73. The molecular weight excluding hydrogens is 406 g/mol. The summed E-state index contributed by atoms with van der Waals surface area (Å²) in [5.41, 5.74) is -1.03. The largest absolute Gasteiger partial charge is 0.491 e. The Labute approximate surface area is 170 Å². The fourth-order valence-corrected chi connectivity index (χ4v) is 3.09. The molecule has 3 rings (SSSR count). The van der Waals surface area contributed by atoms with Crippen LogP contribution in [0.25, 0.3) is 5.65 Å². The Hall–Kier alpha value is -2.78. The van der Waals surface area contributed by atoms with Gasteiger partial charge in [0.1, 0.15) is 44.9 Å². The van der Waals surface area contributed by atoms with Crippen LogP contribution in [-0.2, 0) is 5.60 Å². The number of nitrogens with zero attached hydrogens (tertiary/aromatic N) is 3. The lowest BCUT2D eigenvalue weighted by Crippen LogP contribution is -2.16. The zero-order chi connectivity index (χ0) is 21.3. The number of carbonyl (C=O) groups is 1. The Morgan fingerprint density at radius 1 is 1.38 bits per heavy atom. The van der Waals surface area contributed by atoms with Gasteiger partial charge in [-0.2, -0.15) is 0 Å². The molecule has 0 aliphatic carbocycles. The molecule has 10 heteroatoms. The molecular formula is C19H19ClF2N4O3. The molecule has 2 N–H and O–H groups in total. The van der Waals surface area contributed by atoms with Gasteiger partial charge in [-0.3, -0.25) is 9.20 Å². The van der Waals surface area contributed by atoms with Gasteiger partial charge in [0.05, 0.1) is 6.61 Å². The standard InChI is InChI=1S/C19H19ClF2N4O3/c1-4-29-13-8-14-25-15(19(2,3)28)16(20)26(14)9-12(13)24-18(27)11-7-5-6-10(23-11)17(21)22/h5-9,17,28H,4H2,1-3H3,(H,24,27). The van der Waals surface area contributed by atoms with Crippen LogP contribution in [0.3, 0.4) is 0 Å². The van der Waals surface area contributed by atoms with Gasteiger partial charge in [-0.25, -0.2) is 18.7 Å². The van der Waals surface area contributed by atoms with Gasteiger partial charge in [0.25, 0.3) is 12.3 Å². The molecule has 7 nitrogen and oxygen atoms in total. The van der Waals surface area contributed by atoms with Crippen molar-refractivity contribution in [2.45, 2.75) is 32.8 Å². The quantitative estimate of drug-likeness (QED) is 0.619. The van der Waals surface area contributed by atoms with Crippen molar-refractivity contribution in [3.8, 4) is 5.75 Å². The number of carbonyl (C=O) groups excluding carboxylic acids is 1. The number of amides is 1. The van der Waals surface area contributed by atoms with Crippen LogP contribution < -0.4 is 10.1 Å². The topological polar surface area (TPSA) is 88.8 Å². The average molecular weight is 425 g/mol. The molecule has 0 bridgehead atoms. The summed E-state index contributed by atoms with van der Waals surface area (Å²) < 4.78 is 32.8. The zero-order valence-corrected chi connectivity index (χ0v) is 16.7. The van der Waals surface area contributed by atoms with E-state index in [1.807, 2.05) is 0 Å². The van der Waals surface area contributed by atoms with Crippen molar-refractivity contribution in [3.63, 3.8) is 0 Å². The van der Waals surface area contributed by atoms with Crippen LogP contribution >= 0.6 is 11.6 Å². The lowest BCUT2D eigenvalue weighted by Gasteiger charge is -2.14. The highest BCUT2D eigenvalue weighted by atomic mass is 35.5. The average Bonchev–Trinajstić information content (AvgIpc) is 2.98. The van der Waals surface area contributed by atoms with Crippen LogP contribution in [0.5, 0.6) is 5.75 Å². The fraction of sp³-hybridized carbons (Fsp3) is 0.316. The molecule has 3 heterocycles. The summed E-state index contributed by atoms with van der Waals surface area (Å²) in [5.74, 6) is -0.380. The molecule has 29 heavy (non-hydrogen) atoms. The number of rotatable bonds is 6. The number of imidazole rings is 1. The first-order chi connectivity index (χ1) is 13.6. The van der Waals surface area contributed by atoms with Gasteiger partial charge >= 0.3 is 0 Å². The van der Waals surface area contributed by atoms with Gasteiger partial charge in [-0.15, -0.1) is 0 Å². The molecule has 3 aromatic rings. The third-order valence-electron chi connectivity index (χ3n) is 4.02. The lowest BCUT2D eigenvalue weighted by atomic mass is 10.1. The van der Waals surface area contributed by atoms with E-state index in [9.17, 15) is 18.7 Å². The Morgan fingerprint density at radius 3 is 2.72 bits per heavy atom. The van der Waals surface area contributed by atoms with Crippen molar-refractivity contribution in [2.24, 2.45) is 0 Å². The van der Waals surface area contributed by atoms with Crippen LogP contribution in [0.15, 0.2) is 30.5 Å². The molecule has 0 saturated heterocycles. The van der Waals surface area contributed by atoms with E-state index < -0.39 is 23.6 Å². The number of alkyl halides is 2. The maximum Gasteiger partial charge on any atom is 0.280 e. The molecule has 0 fully saturated rings. The predicted molar refractivity (Wildman–Crippen MR) is 104 cm³/mol. The van der Waals surface area contributed by atoms with E-state index in [-0.39, 0.29) is 22.2 Å². The first-order valence-corrected chi connectivity index (χ1v) is 9.13. The second-order valence-corrected chi connectivity index (χ2v) is 7.08. The van der Waals surface area contributed by atoms with Crippen LogP contribution in [0.4, 0.5) is 14.5 Å². The summed E-state index contributed by atoms with van der Waals surface area (Å²) in [7, 11) is 0. The summed E-state index contributed by atoms with van der Waals surface area (Å²) in [4.78, 5) is 20.6. The first kappa shape index (κ1) is 20.9. The number of nitrogens with one attached hydrogen (secondary N) is 1. The summed E-state index contributed by atoms with van der Waals surface area (Å²) >= 11 is 6.34. The summed E-state index contributed by atoms with van der Waals surface area (Å²) in [6, 6.07) is 5.36. The van der Waals surface area contributed by atoms with E-state index in [0.29, 0.717) is 18.0 Å². The van der Waals surface area contributed by atoms with E-state index in [1.54, 1.807) is 26.8 Å². The minimum atomic E-state index is -2.79.